The summed E-state index contributed by atoms with van der Waals surface area (Å²) in [5, 5.41) is 0.922. The minimum Gasteiger partial charge on any atom is -0.479 e. The van der Waals surface area contributed by atoms with Gasteiger partial charge in [0.1, 0.15) is 0 Å². The van der Waals surface area contributed by atoms with Gasteiger partial charge in [0.25, 0.3) is 0 Å². The van der Waals surface area contributed by atoms with Crippen LogP contribution in [0.1, 0.15) is 6.92 Å². The van der Waals surface area contributed by atoms with E-state index in [2.05, 4.69) is 0 Å². The van der Waals surface area contributed by atoms with Crippen LogP contribution < -0.4 is 5.73 Å². The van der Waals surface area contributed by atoms with Crippen molar-refractivity contribution in [2.75, 3.05) is 6.61 Å². The molecule has 0 unspecified atom stereocenters. The van der Waals surface area contributed by atoms with Crippen LogP contribution in [-0.2, 0) is 14.6 Å². The molecule has 0 aliphatic heterocycles. The first-order valence-corrected chi connectivity index (χ1v) is 6.01. The Morgan fingerprint density at radius 2 is 2.00 bits per heavy atom. The fourth-order valence-corrected chi connectivity index (χ4v) is 2.08. The molecule has 1 aromatic carbocycles. The van der Waals surface area contributed by atoms with Crippen molar-refractivity contribution < 1.29 is 13.2 Å². The van der Waals surface area contributed by atoms with Gasteiger partial charge in [-0.3, -0.25) is 0 Å². The molecule has 0 atom stereocenters. The zero-order chi connectivity index (χ0) is 11.3. The number of hydrogen-bond donors (Lipinski definition) is 1. The Morgan fingerprint density at radius 1 is 1.40 bits per heavy atom. The second-order valence-corrected chi connectivity index (χ2v) is 4.61. The molecule has 0 aliphatic rings. The summed E-state index contributed by atoms with van der Waals surface area (Å²) in [6.07, 6.45) is 0. The standard InChI is InChI=1S/C10H13NO3S/c1-2-14-10(11)8-15(12,13)9-6-4-3-5-7-9/h3-8H,2,11H2,1H3/b10-8-. The van der Waals surface area contributed by atoms with Gasteiger partial charge in [-0.2, -0.15) is 0 Å². The molecule has 0 aromatic heterocycles. The highest BCUT2D eigenvalue weighted by Crippen LogP contribution is 2.12. The van der Waals surface area contributed by atoms with Crippen molar-refractivity contribution in [3.63, 3.8) is 0 Å². The Morgan fingerprint density at radius 3 is 2.53 bits per heavy atom. The molecule has 5 heteroatoms. The van der Waals surface area contributed by atoms with Crippen molar-refractivity contribution in [2.24, 2.45) is 5.73 Å². The van der Waals surface area contributed by atoms with Crippen LogP contribution in [0.4, 0.5) is 0 Å². The third-order valence-corrected chi connectivity index (χ3v) is 3.13. The van der Waals surface area contributed by atoms with Crippen LogP contribution in [0.25, 0.3) is 0 Å². The summed E-state index contributed by atoms with van der Waals surface area (Å²) < 4.78 is 28.2. The van der Waals surface area contributed by atoms with E-state index < -0.39 is 9.84 Å². The SMILES string of the molecule is CCO/C(N)=C\S(=O)(=O)c1ccccc1. The van der Waals surface area contributed by atoms with Gasteiger partial charge in [-0.1, -0.05) is 18.2 Å². The fraction of sp³-hybridized carbons (Fsp3) is 0.200. The van der Waals surface area contributed by atoms with E-state index in [-0.39, 0.29) is 10.8 Å². The van der Waals surface area contributed by atoms with Crippen molar-refractivity contribution in [3.05, 3.63) is 41.6 Å². The molecule has 2 N–H and O–H groups in total. The van der Waals surface area contributed by atoms with Gasteiger partial charge in [0, 0.05) is 0 Å². The lowest BCUT2D eigenvalue weighted by atomic mass is 10.4. The lowest BCUT2D eigenvalue weighted by Crippen LogP contribution is -2.07. The monoisotopic (exact) mass is 227 g/mol. The van der Waals surface area contributed by atoms with Gasteiger partial charge in [0.05, 0.1) is 16.9 Å². The van der Waals surface area contributed by atoms with Crippen molar-refractivity contribution in [1.82, 2.24) is 0 Å². The van der Waals surface area contributed by atoms with Crippen LogP contribution in [0.3, 0.4) is 0 Å². The molecule has 0 amide bonds. The second kappa shape index (κ2) is 4.84. The van der Waals surface area contributed by atoms with E-state index in [9.17, 15) is 8.42 Å². The van der Waals surface area contributed by atoms with Gasteiger partial charge >= 0.3 is 0 Å². The summed E-state index contributed by atoms with van der Waals surface area (Å²) in [4.78, 5) is 0.202. The van der Waals surface area contributed by atoms with Gasteiger partial charge in [0.15, 0.2) is 5.88 Å². The normalized spacial score (nSPS) is 12.5. The molecule has 0 saturated heterocycles. The van der Waals surface area contributed by atoms with E-state index in [1.165, 1.54) is 12.1 Å². The fourth-order valence-electron chi connectivity index (χ4n) is 1.03. The van der Waals surface area contributed by atoms with Gasteiger partial charge in [-0.25, -0.2) is 8.42 Å². The molecular formula is C10H13NO3S. The van der Waals surface area contributed by atoms with E-state index in [0.717, 1.165) is 5.41 Å². The molecule has 0 spiro atoms. The Hall–Kier alpha value is -1.49. The van der Waals surface area contributed by atoms with Crippen molar-refractivity contribution in [3.8, 4) is 0 Å². The Balaban J connectivity index is 3.00. The molecule has 0 aliphatic carbocycles. The average Bonchev–Trinajstić information content (AvgIpc) is 2.18. The maximum atomic E-state index is 11.7. The number of ether oxygens (including phenoxy) is 1. The van der Waals surface area contributed by atoms with Gasteiger partial charge in [-0.15, -0.1) is 0 Å². The summed E-state index contributed by atoms with van der Waals surface area (Å²) in [7, 11) is -3.49. The number of hydrogen-bond acceptors (Lipinski definition) is 4. The Kier molecular flexibility index (Phi) is 3.74. The lowest BCUT2D eigenvalue weighted by molar-refractivity contribution is 0.227. The summed E-state index contributed by atoms with van der Waals surface area (Å²) >= 11 is 0. The topological polar surface area (TPSA) is 69.4 Å². The van der Waals surface area contributed by atoms with Gasteiger partial charge in [0.2, 0.25) is 9.84 Å². The number of rotatable bonds is 4. The molecular weight excluding hydrogens is 214 g/mol. The van der Waals surface area contributed by atoms with Crippen LogP contribution in [0.2, 0.25) is 0 Å². The summed E-state index contributed by atoms with van der Waals surface area (Å²) in [5.74, 6) is -0.0960. The van der Waals surface area contributed by atoms with E-state index in [1.54, 1.807) is 25.1 Å². The van der Waals surface area contributed by atoms with Gasteiger partial charge in [-0.05, 0) is 19.1 Å². The van der Waals surface area contributed by atoms with Crippen LogP contribution in [0.5, 0.6) is 0 Å². The molecule has 0 heterocycles. The Labute approximate surface area is 89.3 Å². The predicted molar refractivity (Wildman–Crippen MR) is 57.5 cm³/mol. The number of nitrogens with two attached hydrogens (primary N) is 1. The third kappa shape index (κ3) is 3.28. The first-order valence-electron chi connectivity index (χ1n) is 4.46. The van der Waals surface area contributed by atoms with Crippen molar-refractivity contribution in [1.29, 1.82) is 0 Å². The zero-order valence-corrected chi connectivity index (χ0v) is 9.20. The number of sulfone groups is 1. The molecule has 1 rings (SSSR count). The van der Waals surface area contributed by atoms with E-state index in [1.807, 2.05) is 0 Å². The van der Waals surface area contributed by atoms with Crippen LogP contribution in [0.15, 0.2) is 46.5 Å². The zero-order valence-electron chi connectivity index (χ0n) is 8.38. The minimum atomic E-state index is -3.49. The summed E-state index contributed by atoms with van der Waals surface area (Å²) in [6, 6.07) is 8.06. The minimum absolute atomic E-state index is 0.0960. The molecule has 4 nitrogen and oxygen atoms in total. The predicted octanol–water partition coefficient (Wildman–Crippen LogP) is 1.25. The molecule has 0 radical (unpaired) electrons. The Bertz CT molecular complexity index is 437. The highest BCUT2D eigenvalue weighted by atomic mass is 32.2. The van der Waals surface area contributed by atoms with E-state index in [4.69, 9.17) is 10.5 Å². The quantitative estimate of drug-likeness (QED) is 0.786. The van der Waals surface area contributed by atoms with Crippen molar-refractivity contribution >= 4 is 9.84 Å². The van der Waals surface area contributed by atoms with Crippen LogP contribution >= 0.6 is 0 Å². The summed E-state index contributed by atoms with van der Waals surface area (Å²) in [5.41, 5.74) is 5.37. The van der Waals surface area contributed by atoms with Crippen LogP contribution in [-0.4, -0.2) is 15.0 Å². The number of benzene rings is 1. The van der Waals surface area contributed by atoms with E-state index >= 15 is 0 Å². The molecule has 0 saturated carbocycles. The molecule has 15 heavy (non-hydrogen) atoms. The highest BCUT2D eigenvalue weighted by molar-refractivity contribution is 7.94. The highest BCUT2D eigenvalue weighted by Gasteiger charge is 2.11. The third-order valence-electron chi connectivity index (χ3n) is 1.65. The molecule has 82 valence electrons. The first-order chi connectivity index (χ1) is 7.06. The van der Waals surface area contributed by atoms with E-state index in [0.29, 0.717) is 6.61 Å². The maximum absolute atomic E-state index is 11.7. The van der Waals surface area contributed by atoms with Gasteiger partial charge < -0.3 is 10.5 Å². The smallest absolute Gasteiger partial charge is 0.205 e. The average molecular weight is 227 g/mol. The molecule has 0 fully saturated rings. The lowest BCUT2D eigenvalue weighted by Gasteiger charge is -2.03. The van der Waals surface area contributed by atoms with Crippen LogP contribution in [0, 0.1) is 0 Å². The largest absolute Gasteiger partial charge is 0.479 e. The second-order valence-electron chi connectivity index (χ2n) is 2.81. The summed E-state index contributed by atoms with van der Waals surface area (Å²) in [6.45, 7) is 2.07. The molecule has 0 bridgehead atoms. The van der Waals surface area contributed by atoms with Crippen molar-refractivity contribution in [2.45, 2.75) is 11.8 Å². The first kappa shape index (κ1) is 11.6. The molecule has 1 aromatic rings. The maximum Gasteiger partial charge on any atom is 0.205 e.